The molecule has 0 saturated heterocycles. The molecule has 0 radical (unpaired) electrons. The van der Waals surface area contributed by atoms with E-state index in [0.717, 1.165) is 29.4 Å². The maximum atomic E-state index is 6.18. The third kappa shape index (κ3) is 4.18. The van der Waals surface area contributed by atoms with E-state index in [2.05, 4.69) is 24.1 Å². The van der Waals surface area contributed by atoms with Gasteiger partial charge in [-0.15, -0.1) is 11.3 Å². The van der Waals surface area contributed by atoms with E-state index in [-0.39, 0.29) is 0 Å². The molecule has 0 saturated carbocycles. The molecule has 5 heteroatoms. The van der Waals surface area contributed by atoms with E-state index in [9.17, 15) is 0 Å². The van der Waals surface area contributed by atoms with Crippen molar-refractivity contribution in [3.05, 3.63) is 38.6 Å². The fraction of sp³-hybridized carbons (Fsp3) is 0.357. The molecule has 0 spiro atoms. The van der Waals surface area contributed by atoms with Gasteiger partial charge in [0.15, 0.2) is 0 Å². The van der Waals surface area contributed by atoms with E-state index < -0.39 is 0 Å². The van der Waals surface area contributed by atoms with Gasteiger partial charge in [-0.1, -0.05) is 37.0 Å². The highest BCUT2D eigenvalue weighted by molar-refractivity contribution is 7.09. The number of thiazole rings is 1. The van der Waals surface area contributed by atoms with Crippen molar-refractivity contribution in [2.24, 2.45) is 5.92 Å². The number of aromatic nitrogens is 1. The second-order valence-corrected chi connectivity index (χ2v) is 6.56. The van der Waals surface area contributed by atoms with Crippen LogP contribution in [-0.2, 0) is 6.54 Å². The van der Waals surface area contributed by atoms with Gasteiger partial charge in [-0.2, -0.15) is 0 Å². The quantitative estimate of drug-likeness (QED) is 0.852. The molecule has 0 atom stereocenters. The van der Waals surface area contributed by atoms with Gasteiger partial charge in [0.25, 0.3) is 0 Å². The molecule has 0 aliphatic rings. The molecule has 0 bridgehead atoms. The highest BCUT2D eigenvalue weighted by atomic mass is 35.5. The summed E-state index contributed by atoms with van der Waals surface area (Å²) in [6.07, 6.45) is 0. The summed E-state index contributed by atoms with van der Waals surface area (Å²) in [6.45, 7) is 6.16. The lowest BCUT2D eigenvalue weighted by Gasteiger charge is -2.04. The summed E-state index contributed by atoms with van der Waals surface area (Å²) in [5, 5.41) is 7.81. The van der Waals surface area contributed by atoms with E-state index >= 15 is 0 Å². The molecule has 0 aliphatic carbocycles. The fourth-order valence-electron chi connectivity index (χ4n) is 1.68. The van der Waals surface area contributed by atoms with E-state index in [1.807, 2.05) is 11.4 Å². The maximum absolute atomic E-state index is 6.18. The summed E-state index contributed by atoms with van der Waals surface area (Å²) < 4.78 is 0. The topological polar surface area (TPSA) is 24.9 Å². The average Bonchev–Trinajstić information content (AvgIpc) is 2.80. The Labute approximate surface area is 127 Å². The number of nitrogens with zero attached hydrogens (tertiary/aromatic N) is 1. The van der Waals surface area contributed by atoms with E-state index in [4.69, 9.17) is 23.2 Å². The summed E-state index contributed by atoms with van der Waals surface area (Å²) in [7, 11) is 0. The molecule has 1 aromatic heterocycles. The van der Waals surface area contributed by atoms with Crippen LogP contribution in [0.2, 0.25) is 10.0 Å². The van der Waals surface area contributed by atoms with Gasteiger partial charge in [-0.25, -0.2) is 4.98 Å². The monoisotopic (exact) mass is 314 g/mol. The van der Waals surface area contributed by atoms with Gasteiger partial charge in [0.1, 0.15) is 5.01 Å². The predicted molar refractivity (Wildman–Crippen MR) is 84.1 cm³/mol. The van der Waals surface area contributed by atoms with Crippen molar-refractivity contribution in [2.45, 2.75) is 20.4 Å². The van der Waals surface area contributed by atoms with E-state index in [0.29, 0.717) is 16.0 Å². The van der Waals surface area contributed by atoms with Crippen molar-refractivity contribution in [3.63, 3.8) is 0 Å². The van der Waals surface area contributed by atoms with Crippen molar-refractivity contribution in [1.29, 1.82) is 0 Å². The van der Waals surface area contributed by atoms with Crippen LogP contribution in [-0.4, -0.2) is 11.5 Å². The van der Waals surface area contributed by atoms with Gasteiger partial charge in [-0.05, 0) is 30.7 Å². The van der Waals surface area contributed by atoms with Crippen molar-refractivity contribution in [2.75, 3.05) is 6.54 Å². The minimum absolute atomic E-state index is 0.641. The lowest BCUT2D eigenvalue weighted by molar-refractivity contribution is 0.551. The summed E-state index contributed by atoms with van der Waals surface area (Å²) in [5.74, 6) is 0.641. The van der Waals surface area contributed by atoms with Gasteiger partial charge >= 0.3 is 0 Å². The fourth-order valence-corrected chi connectivity index (χ4v) is 2.83. The molecule has 0 unspecified atom stereocenters. The normalized spacial score (nSPS) is 11.2. The second kappa shape index (κ2) is 6.71. The van der Waals surface area contributed by atoms with Crippen molar-refractivity contribution in [3.8, 4) is 11.3 Å². The van der Waals surface area contributed by atoms with E-state index in [1.165, 1.54) is 0 Å². The Morgan fingerprint density at radius 2 is 2.11 bits per heavy atom. The molecular formula is C14H16Cl2N2S. The molecule has 2 aromatic rings. The van der Waals surface area contributed by atoms with Gasteiger partial charge in [0.05, 0.1) is 10.7 Å². The Bertz CT molecular complexity index is 552. The van der Waals surface area contributed by atoms with Crippen LogP contribution in [0, 0.1) is 5.92 Å². The molecule has 2 nitrogen and oxygen atoms in total. The van der Waals surface area contributed by atoms with Crippen LogP contribution in [0.15, 0.2) is 23.6 Å². The number of nitrogens with one attached hydrogen (secondary N) is 1. The van der Waals surface area contributed by atoms with Crippen LogP contribution >= 0.6 is 34.5 Å². The first kappa shape index (κ1) is 14.8. The highest BCUT2D eigenvalue weighted by Gasteiger charge is 2.09. The lowest BCUT2D eigenvalue weighted by atomic mass is 10.2. The van der Waals surface area contributed by atoms with Gasteiger partial charge in [-0.3, -0.25) is 0 Å². The number of hydrogen-bond acceptors (Lipinski definition) is 3. The first-order chi connectivity index (χ1) is 9.06. The molecule has 1 N–H and O–H groups in total. The zero-order chi connectivity index (χ0) is 13.8. The summed E-state index contributed by atoms with van der Waals surface area (Å²) in [5.41, 5.74) is 1.78. The largest absolute Gasteiger partial charge is 0.310 e. The summed E-state index contributed by atoms with van der Waals surface area (Å²) >= 11 is 13.8. The van der Waals surface area contributed by atoms with Crippen molar-refractivity contribution in [1.82, 2.24) is 10.3 Å². The predicted octanol–water partition coefficient (Wildman–Crippen LogP) is 4.86. The molecule has 0 amide bonds. The summed E-state index contributed by atoms with van der Waals surface area (Å²) in [6, 6.07) is 5.43. The Morgan fingerprint density at radius 1 is 1.32 bits per heavy atom. The first-order valence-corrected chi connectivity index (χ1v) is 7.80. The molecule has 0 aliphatic heterocycles. The van der Waals surface area contributed by atoms with Crippen LogP contribution in [0.1, 0.15) is 18.9 Å². The zero-order valence-electron chi connectivity index (χ0n) is 10.9. The lowest BCUT2D eigenvalue weighted by Crippen LogP contribution is -2.18. The third-order valence-corrected chi connectivity index (χ3v) is 4.00. The van der Waals surface area contributed by atoms with Crippen LogP contribution < -0.4 is 5.32 Å². The molecule has 2 rings (SSSR count). The minimum atomic E-state index is 0.641. The number of benzene rings is 1. The van der Waals surface area contributed by atoms with Gasteiger partial charge < -0.3 is 5.32 Å². The number of hydrogen-bond donors (Lipinski definition) is 1. The standard InChI is InChI=1S/C14H16Cl2N2S/c1-9(2)6-17-7-14-18-13(8-19-14)11-5-10(15)3-4-12(11)16/h3-5,8-9,17H,6-7H2,1-2H3. The van der Waals surface area contributed by atoms with Gasteiger partial charge in [0, 0.05) is 22.5 Å². The molecule has 1 aromatic carbocycles. The molecule has 102 valence electrons. The van der Waals surface area contributed by atoms with Crippen LogP contribution in [0.4, 0.5) is 0 Å². The molecule has 19 heavy (non-hydrogen) atoms. The first-order valence-electron chi connectivity index (χ1n) is 6.17. The van der Waals surface area contributed by atoms with Crippen molar-refractivity contribution >= 4 is 34.5 Å². The SMILES string of the molecule is CC(C)CNCc1nc(-c2cc(Cl)ccc2Cl)cs1. The van der Waals surface area contributed by atoms with Crippen LogP contribution in [0.3, 0.4) is 0 Å². The Morgan fingerprint density at radius 3 is 2.84 bits per heavy atom. The maximum Gasteiger partial charge on any atom is 0.107 e. The summed E-state index contributed by atoms with van der Waals surface area (Å²) in [4.78, 5) is 4.59. The number of rotatable bonds is 5. The van der Waals surface area contributed by atoms with Crippen molar-refractivity contribution < 1.29 is 0 Å². The molecule has 1 heterocycles. The molecule has 0 fully saturated rings. The number of halogens is 2. The van der Waals surface area contributed by atoms with Gasteiger partial charge in [0.2, 0.25) is 0 Å². The minimum Gasteiger partial charge on any atom is -0.310 e. The smallest absolute Gasteiger partial charge is 0.107 e. The zero-order valence-corrected chi connectivity index (χ0v) is 13.2. The Balaban J connectivity index is 2.10. The second-order valence-electron chi connectivity index (χ2n) is 4.78. The molecular weight excluding hydrogens is 299 g/mol. The average molecular weight is 315 g/mol. The van der Waals surface area contributed by atoms with Crippen LogP contribution in [0.5, 0.6) is 0 Å². The third-order valence-electron chi connectivity index (χ3n) is 2.58. The highest BCUT2D eigenvalue weighted by Crippen LogP contribution is 2.31. The van der Waals surface area contributed by atoms with Crippen LogP contribution in [0.25, 0.3) is 11.3 Å². The Kier molecular flexibility index (Phi) is 5.22. The van der Waals surface area contributed by atoms with E-state index in [1.54, 1.807) is 23.5 Å². The Hall–Kier alpha value is -0.610.